The molecule has 1 saturated carbocycles. The Bertz CT molecular complexity index is 488. The molecule has 112 valence electrons. The Kier molecular flexibility index (Phi) is 3.71. The summed E-state index contributed by atoms with van der Waals surface area (Å²) in [5.74, 6) is 1.13. The fraction of sp³-hybridized carbons (Fsp3) is 0.688. The highest BCUT2D eigenvalue weighted by atomic mass is 16.5. The lowest BCUT2D eigenvalue weighted by molar-refractivity contribution is 0.0561. The van der Waals surface area contributed by atoms with Gasteiger partial charge in [0.1, 0.15) is 5.76 Å². The van der Waals surface area contributed by atoms with Gasteiger partial charge in [-0.25, -0.2) is 4.79 Å². The third-order valence-corrected chi connectivity index (χ3v) is 5.21. The van der Waals surface area contributed by atoms with Crippen molar-refractivity contribution in [2.75, 3.05) is 13.7 Å². The Balaban J connectivity index is 2.27. The van der Waals surface area contributed by atoms with Gasteiger partial charge >= 0.3 is 5.97 Å². The maximum atomic E-state index is 11.5. The van der Waals surface area contributed by atoms with Gasteiger partial charge in [0.2, 0.25) is 5.76 Å². The molecule has 0 spiro atoms. The van der Waals surface area contributed by atoms with Crippen LogP contribution in [0.4, 0.5) is 0 Å². The van der Waals surface area contributed by atoms with Crippen molar-refractivity contribution in [2.24, 2.45) is 16.7 Å². The van der Waals surface area contributed by atoms with Crippen molar-refractivity contribution in [1.29, 1.82) is 0 Å². The van der Waals surface area contributed by atoms with Gasteiger partial charge in [-0.05, 0) is 35.4 Å². The van der Waals surface area contributed by atoms with Gasteiger partial charge in [0.15, 0.2) is 0 Å². The van der Waals surface area contributed by atoms with Crippen LogP contribution in [0, 0.1) is 16.7 Å². The average Bonchev–Trinajstić information content (AvgIpc) is 2.78. The standard InChI is InChI=1S/C16H25NO3/c1-7-17-12(13-15(2,3)16(13,4)5)10-8-9-11(20-10)14(18)19-6/h8-9,12-13,17H,7H2,1-6H3. The molecule has 4 heteroatoms. The predicted molar refractivity (Wildman–Crippen MR) is 77.5 cm³/mol. The fourth-order valence-electron chi connectivity index (χ4n) is 3.41. The molecule has 0 aliphatic heterocycles. The van der Waals surface area contributed by atoms with Crippen LogP contribution >= 0.6 is 0 Å². The van der Waals surface area contributed by atoms with Crippen LogP contribution in [0.15, 0.2) is 16.5 Å². The molecule has 0 radical (unpaired) electrons. The number of methoxy groups -OCH3 is 1. The highest BCUT2D eigenvalue weighted by Gasteiger charge is 2.67. The fourth-order valence-corrected chi connectivity index (χ4v) is 3.41. The van der Waals surface area contributed by atoms with E-state index in [0.717, 1.165) is 12.3 Å². The molecule has 1 heterocycles. The summed E-state index contributed by atoms with van der Waals surface area (Å²) in [5, 5.41) is 3.50. The third-order valence-electron chi connectivity index (χ3n) is 5.21. The number of furan rings is 1. The van der Waals surface area contributed by atoms with Gasteiger partial charge in [-0.2, -0.15) is 0 Å². The maximum absolute atomic E-state index is 11.5. The molecular formula is C16H25NO3. The first-order valence-corrected chi connectivity index (χ1v) is 7.18. The summed E-state index contributed by atoms with van der Waals surface area (Å²) in [5.41, 5.74) is 0.496. The maximum Gasteiger partial charge on any atom is 0.373 e. The molecule has 4 nitrogen and oxygen atoms in total. The van der Waals surface area contributed by atoms with E-state index < -0.39 is 5.97 Å². The summed E-state index contributed by atoms with van der Waals surface area (Å²) in [6, 6.07) is 3.70. The van der Waals surface area contributed by atoms with Crippen LogP contribution in [0.2, 0.25) is 0 Å². The molecule has 20 heavy (non-hydrogen) atoms. The zero-order valence-electron chi connectivity index (χ0n) is 13.2. The van der Waals surface area contributed by atoms with Gasteiger partial charge in [0.25, 0.3) is 0 Å². The average molecular weight is 279 g/mol. The lowest BCUT2D eigenvalue weighted by atomic mass is 10.0. The summed E-state index contributed by atoms with van der Waals surface area (Å²) >= 11 is 0. The monoisotopic (exact) mass is 279 g/mol. The van der Waals surface area contributed by atoms with E-state index in [1.165, 1.54) is 7.11 Å². The Morgan fingerprint density at radius 3 is 2.40 bits per heavy atom. The van der Waals surface area contributed by atoms with Crippen LogP contribution in [0.3, 0.4) is 0 Å². The number of esters is 1. The van der Waals surface area contributed by atoms with Crippen LogP contribution < -0.4 is 5.32 Å². The first kappa shape index (κ1) is 15.1. The molecule has 0 bridgehead atoms. The second kappa shape index (κ2) is 4.92. The van der Waals surface area contributed by atoms with Crippen molar-refractivity contribution in [3.63, 3.8) is 0 Å². The van der Waals surface area contributed by atoms with E-state index >= 15 is 0 Å². The number of rotatable bonds is 5. The van der Waals surface area contributed by atoms with Crippen molar-refractivity contribution in [1.82, 2.24) is 5.32 Å². The molecule has 1 fully saturated rings. The van der Waals surface area contributed by atoms with Crippen molar-refractivity contribution in [3.8, 4) is 0 Å². The van der Waals surface area contributed by atoms with E-state index in [4.69, 9.17) is 9.15 Å². The van der Waals surface area contributed by atoms with Gasteiger partial charge < -0.3 is 14.5 Å². The third kappa shape index (κ3) is 2.16. The number of ether oxygens (including phenoxy) is 1. The van der Waals surface area contributed by atoms with E-state index in [1.54, 1.807) is 6.07 Å². The van der Waals surface area contributed by atoms with E-state index in [-0.39, 0.29) is 22.6 Å². The number of hydrogen-bond donors (Lipinski definition) is 1. The van der Waals surface area contributed by atoms with Crippen molar-refractivity contribution >= 4 is 5.97 Å². The number of nitrogens with one attached hydrogen (secondary N) is 1. The molecule has 1 aliphatic carbocycles. The summed E-state index contributed by atoms with van der Waals surface area (Å²) < 4.78 is 10.4. The predicted octanol–water partition coefficient (Wildman–Crippen LogP) is 3.40. The number of carbonyl (C=O) groups excluding carboxylic acids is 1. The zero-order chi connectivity index (χ0) is 15.1. The molecule has 1 atom stereocenters. The largest absolute Gasteiger partial charge is 0.463 e. The molecular weight excluding hydrogens is 254 g/mol. The quantitative estimate of drug-likeness (QED) is 0.839. The molecule has 1 aliphatic rings. The van der Waals surface area contributed by atoms with Crippen LogP contribution in [0.5, 0.6) is 0 Å². The van der Waals surface area contributed by atoms with Gasteiger partial charge in [-0.15, -0.1) is 0 Å². The highest BCUT2D eigenvalue weighted by molar-refractivity contribution is 5.86. The zero-order valence-corrected chi connectivity index (χ0v) is 13.2. The molecule has 1 N–H and O–H groups in total. The Labute approximate surface area is 120 Å². The minimum atomic E-state index is -0.430. The lowest BCUT2D eigenvalue weighted by Crippen LogP contribution is -2.24. The highest BCUT2D eigenvalue weighted by Crippen LogP contribution is 2.72. The van der Waals surface area contributed by atoms with Crippen molar-refractivity contribution < 1.29 is 13.9 Å². The molecule has 1 unspecified atom stereocenters. The molecule has 1 aromatic rings. The smallest absolute Gasteiger partial charge is 0.373 e. The van der Waals surface area contributed by atoms with Gasteiger partial charge in [-0.3, -0.25) is 0 Å². The first-order valence-electron chi connectivity index (χ1n) is 7.18. The summed E-state index contributed by atoms with van der Waals surface area (Å²) in [6.07, 6.45) is 0. The Hall–Kier alpha value is -1.29. The lowest BCUT2D eigenvalue weighted by Gasteiger charge is -2.18. The Morgan fingerprint density at radius 2 is 1.95 bits per heavy atom. The van der Waals surface area contributed by atoms with Gasteiger partial charge in [-0.1, -0.05) is 34.6 Å². The molecule has 2 rings (SSSR count). The number of carbonyl (C=O) groups is 1. The van der Waals surface area contributed by atoms with E-state index in [2.05, 4.69) is 39.9 Å². The van der Waals surface area contributed by atoms with Crippen LogP contribution in [-0.2, 0) is 4.74 Å². The molecule has 0 aromatic carbocycles. The summed E-state index contributed by atoms with van der Waals surface area (Å²) in [4.78, 5) is 11.5. The normalized spacial score (nSPS) is 21.5. The van der Waals surface area contributed by atoms with Crippen molar-refractivity contribution in [3.05, 3.63) is 23.7 Å². The SMILES string of the molecule is CCNC(c1ccc(C(=O)OC)o1)C1C(C)(C)C1(C)C. The topological polar surface area (TPSA) is 51.5 Å². The number of hydrogen-bond acceptors (Lipinski definition) is 4. The van der Waals surface area contributed by atoms with E-state index in [9.17, 15) is 4.79 Å². The molecule has 0 saturated heterocycles. The minimum Gasteiger partial charge on any atom is -0.463 e. The van der Waals surface area contributed by atoms with Crippen molar-refractivity contribution in [2.45, 2.75) is 40.7 Å². The molecule has 1 aromatic heterocycles. The van der Waals surface area contributed by atoms with Gasteiger partial charge in [0.05, 0.1) is 13.2 Å². The second-order valence-electron chi connectivity index (χ2n) is 6.65. The van der Waals surface area contributed by atoms with Crippen LogP contribution in [0.25, 0.3) is 0 Å². The van der Waals surface area contributed by atoms with Gasteiger partial charge in [0, 0.05) is 0 Å². The summed E-state index contributed by atoms with van der Waals surface area (Å²) in [7, 11) is 1.36. The van der Waals surface area contributed by atoms with Crippen LogP contribution in [0.1, 0.15) is 57.0 Å². The van der Waals surface area contributed by atoms with E-state index in [1.807, 2.05) is 6.07 Å². The second-order valence-corrected chi connectivity index (χ2v) is 6.65. The van der Waals surface area contributed by atoms with Crippen LogP contribution in [-0.4, -0.2) is 19.6 Å². The first-order chi connectivity index (χ1) is 9.27. The molecule has 0 amide bonds. The van der Waals surface area contributed by atoms with E-state index in [0.29, 0.717) is 5.92 Å². The minimum absolute atomic E-state index is 0.128. The Morgan fingerprint density at radius 1 is 1.35 bits per heavy atom. The summed E-state index contributed by atoms with van der Waals surface area (Å²) in [6.45, 7) is 12.1.